The minimum absolute atomic E-state index is 0.0116. The van der Waals surface area contributed by atoms with Crippen molar-refractivity contribution in [3.8, 4) is 0 Å². The molecule has 2 amide bonds. The molecular formula is C19H16ClFN3O4S+. The van der Waals surface area contributed by atoms with Crippen LogP contribution in [0.15, 0.2) is 47.5 Å². The average Bonchev–Trinajstić information content (AvgIpc) is 3.24. The van der Waals surface area contributed by atoms with Crippen LogP contribution in [0.4, 0.5) is 15.8 Å². The van der Waals surface area contributed by atoms with Crippen molar-refractivity contribution in [1.82, 2.24) is 4.48 Å². The lowest BCUT2D eigenvalue weighted by atomic mass is 10.1. The Bertz CT molecular complexity index is 1030. The minimum atomic E-state index is -0.795. The molecule has 0 bridgehead atoms. The molecule has 0 aromatic heterocycles. The van der Waals surface area contributed by atoms with E-state index in [4.69, 9.17) is 26.8 Å². The quantitative estimate of drug-likeness (QED) is 0.743. The number of thioether (sulfide) groups is 1. The number of quaternary nitrogens is 1. The van der Waals surface area contributed by atoms with Gasteiger partial charge in [0.2, 0.25) is 12.1 Å². The third-order valence-electron chi connectivity index (χ3n) is 4.66. The van der Waals surface area contributed by atoms with Gasteiger partial charge in [0.1, 0.15) is 18.0 Å². The van der Waals surface area contributed by atoms with Gasteiger partial charge in [-0.3, -0.25) is 9.53 Å². The van der Waals surface area contributed by atoms with E-state index in [1.807, 2.05) is 0 Å². The SMILES string of the molecule is NC(=O)CSC1=Nc2ccccc2C(=O)[N+]1(c1ccc(F)c(Cl)c1)C1COCO1. The van der Waals surface area contributed by atoms with Crippen LogP contribution in [0.1, 0.15) is 10.4 Å². The fraction of sp³-hybridized carbons (Fsp3) is 0.211. The highest BCUT2D eigenvalue weighted by Crippen LogP contribution is 2.43. The molecule has 2 heterocycles. The predicted octanol–water partition coefficient (Wildman–Crippen LogP) is 3.18. The first-order valence-electron chi connectivity index (χ1n) is 8.62. The largest absolute Gasteiger partial charge is 0.369 e. The summed E-state index contributed by atoms with van der Waals surface area (Å²) in [5.41, 5.74) is 6.51. The van der Waals surface area contributed by atoms with Crippen LogP contribution in [0.5, 0.6) is 0 Å². The number of amides is 2. The number of nitrogens with two attached hydrogens (primary N) is 1. The highest BCUT2D eigenvalue weighted by atomic mass is 35.5. The van der Waals surface area contributed by atoms with Crippen molar-refractivity contribution >= 4 is 51.7 Å². The molecule has 2 aromatic rings. The summed E-state index contributed by atoms with van der Waals surface area (Å²) in [6, 6.07) is 10.8. The van der Waals surface area contributed by atoms with E-state index < -0.39 is 22.4 Å². The number of rotatable bonds is 4. The molecule has 0 aliphatic carbocycles. The van der Waals surface area contributed by atoms with Gasteiger partial charge in [-0.1, -0.05) is 23.7 Å². The second kappa shape index (κ2) is 7.85. The summed E-state index contributed by atoms with van der Waals surface area (Å²) in [6.45, 7) is 0.0847. The average molecular weight is 437 g/mol. The number of hydrogen-bond donors (Lipinski definition) is 1. The van der Waals surface area contributed by atoms with Crippen molar-refractivity contribution in [1.29, 1.82) is 0 Å². The lowest BCUT2D eigenvalue weighted by Crippen LogP contribution is -2.65. The van der Waals surface area contributed by atoms with Crippen LogP contribution >= 0.6 is 23.4 Å². The standard InChI is InChI=1S/C19H15ClFN3O4S/c20-13-7-11(5-6-14(13)21)24(17-8-27-10-28-17)18(26)12-3-1-2-4-15(12)23-19(24)29-9-16(22)25/h1-7,17H,8-10H2,(H-,22,25)/p+1. The first-order chi connectivity index (χ1) is 13.9. The number of hydrogen-bond acceptors (Lipinski definition) is 6. The molecule has 0 saturated carbocycles. The van der Waals surface area contributed by atoms with Crippen molar-refractivity contribution in [2.24, 2.45) is 10.7 Å². The Morgan fingerprint density at radius 3 is 2.83 bits per heavy atom. The van der Waals surface area contributed by atoms with Crippen LogP contribution in [0.3, 0.4) is 0 Å². The summed E-state index contributed by atoms with van der Waals surface area (Å²) in [5.74, 6) is -1.63. The smallest absolute Gasteiger partial charge is 0.362 e. The van der Waals surface area contributed by atoms with Crippen molar-refractivity contribution in [2.75, 3.05) is 19.2 Å². The van der Waals surface area contributed by atoms with Crippen LogP contribution in [-0.2, 0) is 14.3 Å². The molecule has 2 aliphatic rings. The number of primary amides is 1. The second-order valence-corrected chi connectivity index (χ2v) is 7.75. The summed E-state index contributed by atoms with van der Waals surface area (Å²) < 4.78 is 24.4. The highest BCUT2D eigenvalue weighted by Gasteiger charge is 2.57. The molecule has 0 spiro atoms. The molecule has 0 radical (unpaired) electrons. The van der Waals surface area contributed by atoms with Crippen LogP contribution < -0.4 is 10.2 Å². The third kappa shape index (κ3) is 3.34. The predicted molar refractivity (Wildman–Crippen MR) is 108 cm³/mol. The summed E-state index contributed by atoms with van der Waals surface area (Å²) in [5, 5.41) is 0.121. The van der Waals surface area contributed by atoms with Crippen molar-refractivity contribution in [3.05, 3.63) is 58.9 Å². The molecule has 150 valence electrons. The third-order valence-corrected chi connectivity index (χ3v) is 6.02. The zero-order chi connectivity index (χ0) is 20.6. The summed E-state index contributed by atoms with van der Waals surface area (Å²) in [7, 11) is 0. The Labute approximate surface area is 174 Å². The molecule has 1 fully saturated rings. The van der Waals surface area contributed by atoms with Gasteiger partial charge in [-0.25, -0.2) is 9.18 Å². The number of para-hydroxylation sites is 1. The highest BCUT2D eigenvalue weighted by molar-refractivity contribution is 8.14. The van der Waals surface area contributed by atoms with E-state index in [1.54, 1.807) is 24.3 Å². The Morgan fingerprint density at radius 1 is 1.34 bits per heavy atom. The zero-order valence-corrected chi connectivity index (χ0v) is 16.6. The number of halogens is 2. The van der Waals surface area contributed by atoms with Gasteiger partial charge < -0.3 is 10.5 Å². The Kier molecular flexibility index (Phi) is 5.41. The lowest BCUT2D eigenvalue weighted by Gasteiger charge is -2.40. The molecule has 10 heteroatoms. The van der Waals surface area contributed by atoms with E-state index in [1.165, 1.54) is 18.2 Å². The van der Waals surface area contributed by atoms with E-state index in [0.29, 0.717) is 16.9 Å². The van der Waals surface area contributed by atoms with E-state index in [2.05, 4.69) is 4.99 Å². The number of nitrogens with zero attached hydrogens (tertiary/aromatic N) is 2. The molecule has 29 heavy (non-hydrogen) atoms. The molecule has 2 aromatic carbocycles. The number of carbonyl (C=O) groups is 2. The van der Waals surface area contributed by atoms with E-state index in [0.717, 1.165) is 11.8 Å². The zero-order valence-electron chi connectivity index (χ0n) is 15.0. The minimum Gasteiger partial charge on any atom is -0.369 e. The fourth-order valence-electron chi connectivity index (χ4n) is 3.38. The number of benzene rings is 2. The number of amidine groups is 1. The maximum absolute atomic E-state index is 13.9. The molecule has 4 rings (SSSR count). The van der Waals surface area contributed by atoms with Crippen LogP contribution in [0.25, 0.3) is 0 Å². The molecule has 2 N–H and O–H groups in total. The lowest BCUT2D eigenvalue weighted by molar-refractivity contribution is -0.115. The van der Waals surface area contributed by atoms with Crippen LogP contribution in [-0.4, -0.2) is 42.4 Å². The molecule has 7 nitrogen and oxygen atoms in total. The summed E-state index contributed by atoms with van der Waals surface area (Å²) in [6.07, 6.45) is -0.795. The van der Waals surface area contributed by atoms with E-state index in [-0.39, 0.29) is 35.3 Å². The first-order valence-corrected chi connectivity index (χ1v) is 9.99. The molecule has 1 saturated heterocycles. The Hall–Kier alpha value is -2.30. The Morgan fingerprint density at radius 2 is 2.14 bits per heavy atom. The first kappa shape index (κ1) is 20.0. The van der Waals surface area contributed by atoms with Crippen molar-refractivity contribution in [3.63, 3.8) is 0 Å². The van der Waals surface area contributed by atoms with Gasteiger partial charge in [-0.15, -0.1) is 4.48 Å². The van der Waals surface area contributed by atoms with Gasteiger partial charge in [-0.05, 0) is 30.0 Å². The normalized spacial score (nSPS) is 23.6. The number of fused-ring (bicyclic) bond motifs is 1. The maximum atomic E-state index is 13.9. The van der Waals surface area contributed by atoms with Gasteiger partial charge in [-0.2, -0.15) is 4.99 Å². The molecule has 2 aliphatic heterocycles. The van der Waals surface area contributed by atoms with Crippen LogP contribution in [0.2, 0.25) is 5.02 Å². The Balaban J connectivity index is 1.98. The van der Waals surface area contributed by atoms with Gasteiger partial charge in [0.15, 0.2) is 12.5 Å². The topological polar surface area (TPSA) is 91.0 Å². The van der Waals surface area contributed by atoms with Gasteiger partial charge in [0.25, 0.3) is 5.17 Å². The fourth-order valence-corrected chi connectivity index (χ4v) is 4.50. The van der Waals surface area contributed by atoms with Crippen molar-refractivity contribution in [2.45, 2.75) is 6.23 Å². The number of ether oxygens (including phenoxy) is 2. The second-order valence-electron chi connectivity index (χ2n) is 6.40. The molecular weight excluding hydrogens is 421 g/mol. The van der Waals surface area contributed by atoms with E-state index in [9.17, 15) is 14.0 Å². The monoisotopic (exact) mass is 436 g/mol. The number of carbonyl (C=O) groups excluding carboxylic acids is 2. The van der Waals surface area contributed by atoms with Crippen molar-refractivity contribution < 1.29 is 23.5 Å². The van der Waals surface area contributed by atoms with Crippen LogP contribution in [0, 0.1) is 5.82 Å². The summed E-state index contributed by atoms with van der Waals surface area (Å²) >= 11 is 7.06. The number of aliphatic imine (C=N–C) groups is 1. The van der Waals surface area contributed by atoms with Gasteiger partial charge >= 0.3 is 5.91 Å². The van der Waals surface area contributed by atoms with Gasteiger partial charge in [0.05, 0.1) is 16.5 Å². The molecule has 2 atom stereocenters. The maximum Gasteiger partial charge on any atom is 0.362 e. The van der Waals surface area contributed by atoms with Gasteiger partial charge in [0, 0.05) is 12.1 Å². The van der Waals surface area contributed by atoms with E-state index >= 15 is 0 Å². The molecule has 2 unspecified atom stereocenters. The summed E-state index contributed by atoms with van der Waals surface area (Å²) in [4.78, 5) is 30.0.